The molecular formula is C26H32Cl2N2O2. The summed E-state index contributed by atoms with van der Waals surface area (Å²) in [4.78, 5) is 28.5. The van der Waals surface area contributed by atoms with Crippen LogP contribution in [0, 0.1) is 6.92 Å². The number of aryl methyl sites for hydroxylation is 1. The SMILES string of the molecule is CC[C@H](C(=O)NC1CCCCC1)N(Cc1ccccc1C)C(=O)Cc1c(Cl)cccc1Cl. The van der Waals surface area contributed by atoms with Crippen LogP contribution in [-0.2, 0) is 22.6 Å². The molecule has 3 rings (SSSR count). The van der Waals surface area contributed by atoms with Crippen LogP contribution in [0.5, 0.6) is 0 Å². The molecule has 0 saturated heterocycles. The molecule has 1 atom stereocenters. The topological polar surface area (TPSA) is 49.4 Å². The average molecular weight is 475 g/mol. The van der Waals surface area contributed by atoms with Crippen LogP contribution in [0.1, 0.15) is 62.1 Å². The molecule has 4 nitrogen and oxygen atoms in total. The fourth-order valence-corrected chi connectivity index (χ4v) is 4.92. The molecule has 0 heterocycles. The highest BCUT2D eigenvalue weighted by molar-refractivity contribution is 6.36. The number of rotatable bonds is 8. The maximum absolute atomic E-state index is 13.6. The lowest BCUT2D eigenvalue weighted by atomic mass is 9.95. The molecule has 2 aromatic carbocycles. The van der Waals surface area contributed by atoms with Crippen LogP contribution in [-0.4, -0.2) is 28.8 Å². The second kappa shape index (κ2) is 11.7. The van der Waals surface area contributed by atoms with Crippen molar-refractivity contribution in [3.8, 4) is 0 Å². The Kier molecular flexibility index (Phi) is 9.01. The van der Waals surface area contributed by atoms with Gasteiger partial charge in [-0.1, -0.05) is 79.7 Å². The van der Waals surface area contributed by atoms with Gasteiger partial charge in [0.15, 0.2) is 0 Å². The van der Waals surface area contributed by atoms with E-state index in [9.17, 15) is 9.59 Å². The summed E-state index contributed by atoms with van der Waals surface area (Å²) >= 11 is 12.7. The van der Waals surface area contributed by atoms with Crippen molar-refractivity contribution in [3.05, 3.63) is 69.2 Å². The van der Waals surface area contributed by atoms with E-state index in [4.69, 9.17) is 23.2 Å². The Hall–Kier alpha value is -2.04. The maximum atomic E-state index is 13.6. The van der Waals surface area contributed by atoms with Crippen molar-refractivity contribution in [1.29, 1.82) is 0 Å². The van der Waals surface area contributed by atoms with Crippen molar-refractivity contribution >= 4 is 35.0 Å². The summed E-state index contributed by atoms with van der Waals surface area (Å²) in [6.45, 7) is 4.34. The van der Waals surface area contributed by atoms with Crippen LogP contribution in [0.4, 0.5) is 0 Å². The van der Waals surface area contributed by atoms with E-state index >= 15 is 0 Å². The molecule has 2 amide bonds. The lowest BCUT2D eigenvalue weighted by molar-refractivity contribution is -0.141. The first kappa shape index (κ1) is 24.6. The van der Waals surface area contributed by atoms with Crippen LogP contribution in [0.25, 0.3) is 0 Å². The Balaban J connectivity index is 1.86. The number of carbonyl (C=O) groups excluding carboxylic acids is 2. The monoisotopic (exact) mass is 474 g/mol. The number of benzene rings is 2. The Labute approximate surface area is 201 Å². The van der Waals surface area contributed by atoms with Crippen molar-refractivity contribution in [2.45, 2.75) is 77.4 Å². The molecule has 0 unspecified atom stereocenters. The highest BCUT2D eigenvalue weighted by Crippen LogP contribution is 2.26. The predicted molar refractivity (Wildman–Crippen MR) is 131 cm³/mol. The minimum atomic E-state index is -0.551. The van der Waals surface area contributed by atoms with Gasteiger partial charge in [-0.15, -0.1) is 0 Å². The quantitative estimate of drug-likeness (QED) is 0.502. The van der Waals surface area contributed by atoms with Crippen LogP contribution < -0.4 is 5.32 Å². The normalized spacial score (nSPS) is 15.2. The van der Waals surface area contributed by atoms with Gasteiger partial charge in [-0.25, -0.2) is 0 Å². The van der Waals surface area contributed by atoms with Gasteiger partial charge < -0.3 is 10.2 Å². The molecule has 1 aliphatic carbocycles. The Morgan fingerprint density at radius 2 is 1.69 bits per heavy atom. The van der Waals surface area contributed by atoms with Crippen LogP contribution >= 0.6 is 23.2 Å². The van der Waals surface area contributed by atoms with Crippen molar-refractivity contribution in [1.82, 2.24) is 10.2 Å². The minimum Gasteiger partial charge on any atom is -0.352 e. The first-order valence-electron chi connectivity index (χ1n) is 11.5. The smallest absolute Gasteiger partial charge is 0.243 e. The number of nitrogens with zero attached hydrogens (tertiary/aromatic N) is 1. The van der Waals surface area contributed by atoms with Crippen molar-refractivity contribution in [3.63, 3.8) is 0 Å². The highest BCUT2D eigenvalue weighted by Gasteiger charge is 2.31. The molecule has 1 saturated carbocycles. The standard InChI is InChI=1S/C26H32Cl2N2O2/c1-3-24(26(32)29-20-12-5-4-6-13-20)30(17-19-11-8-7-10-18(19)2)25(31)16-21-22(27)14-9-15-23(21)28/h7-11,14-15,20,24H,3-6,12-13,16-17H2,1-2H3,(H,29,32)/t24-/m1/s1. The average Bonchev–Trinajstić information content (AvgIpc) is 2.78. The van der Waals surface area contributed by atoms with E-state index in [1.54, 1.807) is 23.1 Å². The van der Waals surface area contributed by atoms with E-state index in [0.29, 0.717) is 28.6 Å². The molecule has 32 heavy (non-hydrogen) atoms. The Morgan fingerprint density at radius 1 is 1.03 bits per heavy atom. The molecule has 172 valence electrons. The molecule has 1 N–H and O–H groups in total. The summed E-state index contributed by atoms with van der Waals surface area (Å²) in [6, 6.07) is 12.8. The molecule has 2 aromatic rings. The van der Waals surface area contributed by atoms with Gasteiger partial charge in [0, 0.05) is 22.6 Å². The summed E-state index contributed by atoms with van der Waals surface area (Å²) in [5.74, 6) is -0.236. The first-order valence-corrected chi connectivity index (χ1v) is 12.2. The fourth-order valence-electron chi connectivity index (χ4n) is 4.39. The molecule has 0 spiro atoms. The number of hydrogen-bond acceptors (Lipinski definition) is 2. The second-order valence-corrected chi connectivity index (χ2v) is 9.41. The molecule has 1 fully saturated rings. The third-order valence-corrected chi connectivity index (χ3v) is 7.04. The Bertz CT molecular complexity index is 921. The van der Waals surface area contributed by atoms with Gasteiger partial charge in [-0.2, -0.15) is 0 Å². The summed E-state index contributed by atoms with van der Waals surface area (Å²) in [7, 11) is 0. The van der Waals surface area contributed by atoms with Crippen LogP contribution in [0.3, 0.4) is 0 Å². The summed E-state index contributed by atoms with van der Waals surface area (Å²) < 4.78 is 0. The molecule has 0 radical (unpaired) electrons. The fraction of sp³-hybridized carbons (Fsp3) is 0.462. The molecular weight excluding hydrogens is 443 g/mol. The molecule has 1 aliphatic rings. The van der Waals surface area contributed by atoms with E-state index in [2.05, 4.69) is 5.32 Å². The van der Waals surface area contributed by atoms with Gasteiger partial charge in [0.05, 0.1) is 6.42 Å². The van der Waals surface area contributed by atoms with Crippen LogP contribution in [0.15, 0.2) is 42.5 Å². The van der Waals surface area contributed by atoms with Crippen molar-refractivity contribution < 1.29 is 9.59 Å². The molecule has 0 aromatic heterocycles. The summed E-state index contributed by atoms with van der Waals surface area (Å²) in [6.07, 6.45) is 6.09. The zero-order valence-electron chi connectivity index (χ0n) is 18.9. The van der Waals surface area contributed by atoms with Gasteiger partial charge in [0.2, 0.25) is 11.8 Å². The maximum Gasteiger partial charge on any atom is 0.243 e. The number of halogens is 2. The van der Waals surface area contributed by atoms with Crippen molar-refractivity contribution in [2.24, 2.45) is 0 Å². The van der Waals surface area contributed by atoms with E-state index in [1.807, 2.05) is 38.1 Å². The lowest BCUT2D eigenvalue weighted by Crippen LogP contribution is -2.52. The number of amides is 2. The van der Waals surface area contributed by atoms with Gasteiger partial charge in [0.25, 0.3) is 0 Å². The third kappa shape index (κ3) is 6.26. The predicted octanol–water partition coefficient (Wildman–Crippen LogP) is 6.10. The number of carbonyl (C=O) groups is 2. The Morgan fingerprint density at radius 3 is 2.31 bits per heavy atom. The van der Waals surface area contributed by atoms with E-state index in [-0.39, 0.29) is 24.3 Å². The lowest BCUT2D eigenvalue weighted by Gasteiger charge is -2.33. The van der Waals surface area contributed by atoms with Gasteiger partial charge in [-0.3, -0.25) is 9.59 Å². The molecule has 6 heteroatoms. The van der Waals surface area contributed by atoms with Crippen LogP contribution in [0.2, 0.25) is 10.0 Å². The van der Waals surface area contributed by atoms with Gasteiger partial charge in [0.1, 0.15) is 6.04 Å². The van der Waals surface area contributed by atoms with E-state index in [0.717, 1.165) is 36.8 Å². The number of hydrogen-bond donors (Lipinski definition) is 1. The third-order valence-electron chi connectivity index (χ3n) is 6.33. The highest BCUT2D eigenvalue weighted by atomic mass is 35.5. The molecule has 0 bridgehead atoms. The zero-order valence-corrected chi connectivity index (χ0v) is 20.4. The number of nitrogens with one attached hydrogen (secondary N) is 1. The van der Waals surface area contributed by atoms with Crippen molar-refractivity contribution in [2.75, 3.05) is 0 Å². The zero-order chi connectivity index (χ0) is 23.1. The van der Waals surface area contributed by atoms with E-state index in [1.165, 1.54) is 6.42 Å². The summed E-state index contributed by atoms with van der Waals surface area (Å²) in [5.41, 5.74) is 2.71. The minimum absolute atomic E-state index is 0.0532. The van der Waals surface area contributed by atoms with Gasteiger partial charge in [-0.05, 0) is 55.0 Å². The first-order chi connectivity index (χ1) is 15.4. The molecule has 0 aliphatic heterocycles. The second-order valence-electron chi connectivity index (χ2n) is 8.59. The van der Waals surface area contributed by atoms with Gasteiger partial charge >= 0.3 is 0 Å². The largest absolute Gasteiger partial charge is 0.352 e. The van der Waals surface area contributed by atoms with E-state index < -0.39 is 6.04 Å². The summed E-state index contributed by atoms with van der Waals surface area (Å²) in [5, 5.41) is 4.13.